The Labute approximate surface area is 92.5 Å². The van der Waals surface area contributed by atoms with Gasteiger partial charge in [0.05, 0.1) is 0 Å². The zero-order chi connectivity index (χ0) is 11.2. The van der Waals surface area contributed by atoms with Crippen molar-refractivity contribution in [2.75, 3.05) is 6.54 Å². The van der Waals surface area contributed by atoms with Crippen molar-refractivity contribution < 1.29 is 0 Å². The van der Waals surface area contributed by atoms with E-state index in [2.05, 4.69) is 23.0 Å². The van der Waals surface area contributed by atoms with Gasteiger partial charge in [0, 0.05) is 11.5 Å². The van der Waals surface area contributed by atoms with Gasteiger partial charge in [-0.05, 0) is 18.4 Å². The maximum absolute atomic E-state index is 8.02. The fraction of sp³-hybridized carbons (Fsp3) is 0.667. The Hall–Kier alpha value is -1.21. The Morgan fingerprint density at radius 2 is 1.80 bits per heavy atom. The Morgan fingerprint density at radius 3 is 2.53 bits per heavy atom. The van der Waals surface area contributed by atoms with Crippen LogP contribution in [0, 0.1) is 0 Å². The summed E-state index contributed by atoms with van der Waals surface area (Å²) in [4.78, 5) is 2.66. The van der Waals surface area contributed by atoms with Crippen LogP contribution in [0.3, 0.4) is 0 Å². The van der Waals surface area contributed by atoms with Crippen LogP contribution < -0.4 is 0 Å². The van der Waals surface area contributed by atoms with Crippen molar-refractivity contribution in [3.8, 4) is 0 Å². The first-order chi connectivity index (χ1) is 7.41. The van der Waals surface area contributed by atoms with Crippen LogP contribution in [0.5, 0.6) is 0 Å². The molecule has 0 aromatic rings. The summed E-state index contributed by atoms with van der Waals surface area (Å²) in [5.74, 6) is 0. The van der Waals surface area contributed by atoms with E-state index < -0.39 is 0 Å². The van der Waals surface area contributed by atoms with Crippen LogP contribution in [-0.2, 0) is 0 Å². The molecule has 0 unspecified atom stereocenters. The van der Waals surface area contributed by atoms with E-state index in [4.69, 9.17) is 5.53 Å². The average molecular weight is 207 g/mol. The van der Waals surface area contributed by atoms with Crippen molar-refractivity contribution in [1.82, 2.24) is 0 Å². The molecule has 0 atom stereocenters. The zero-order valence-electron chi connectivity index (χ0n) is 9.60. The van der Waals surface area contributed by atoms with Gasteiger partial charge in [-0.15, -0.1) is 0 Å². The van der Waals surface area contributed by atoms with E-state index in [1.807, 2.05) is 18.2 Å². The summed E-state index contributed by atoms with van der Waals surface area (Å²) in [6.45, 7) is 2.67. The minimum atomic E-state index is 0.442. The molecule has 15 heavy (non-hydrogen) atoms. The summed E-state index contributed by atoms with van der Waals surface area (Å²) in [7, 11) is 0. The summed E-state index contributed by atoms with van der Waals surface area (Å²) in [5.41, 5.74) is 8.02. The predicted octanol–water partition coefficient (Wildman–Crippen LogP) is 4.77. The fourth-order valence-corrected chi connectivity index (χ4v) is 1.26. The highest BCUT2D eigenvalue weighted by atomic mass is 15.1. The van der Waals surface area contributed by atoms with Crippen LogP contribution in [0.2, 0.25) is 0 Å². The number of rotatable bonds is 9. The number of hydrogen-bond acceptors (Lipinski definition) is 1. The monoisotopic (exact) mass is 207 g/mol. The zero-order valence-corrected chi connectivity index (χ0v) is 9.60. The molecular weight excluding hydrogens is 186 g/mol. The lowest BCUT2D eigenvalue weighted by molar-refractivity contribution is 0.637. The summed E-state index contributed by atoms with van der Waals surface area (Å²) in [5, 5.41) is 3.40. The first-order valence-electron chi connectivity index (χ1n) is 5.74. The van der Waals surface area contributed by atoms with E-state index in [-0.39, 0.29) is 0 Å². The highest BCUT2D eigenvalue weighted by Gasteiger charge is 1.85. The van der Waals surface area contributed by atoms with Gasteiger partial charge >= 0.3 is 0 Å². The lowest BCUT2D eigenvalue weighted by atomic mass is 10.1. The minimum absolute atomic E-state index is 0.442. The van der Waals surface area contributed by atoms with E-state index in [9.17, 15) is 0 Å². The number of nitrogens with zero attached hydrogens (tertiary/aromatic N) is 3. The van der Waals surface area contributed by atoms with E-state index >= 15 is 0 Å². The number of allylic oxidation sites excluding steroid dienone is 3. The standard InChI is InChI=1S/C12H21N3/c1-2-3-4-5-6-7-8-9-10-11-12-14-15-13/h8-11H,2-7,12H2,1H3/b9-8+,11-10+. The Bertz CT molecular complexity index is 225. The van der Waals surface area contributed by atoms with Gasteiger partial charge in [0.1, 0.15) is 0 Å². The lowest BCUT2D eigenvalue weighted by Crippen LogP contribution is -1.75. The normalized spacial score (nSPS) is 11.0. The lowest BCUT2D eigenvalue weighted by Gasteiger charge is -1.95. The third-order valence-electron chi connectivity index (χ3n) is 2.11. The molecular formula is C12H21N3. The molecule has 0 saturated carbocycles. The van der Waals surface area contributed by atoms with Crippen molar-refractivity contribution in [2.45, 2.75) is 45.4 Å². The van der Waals surface area contributed by atoms with Crippen LogP contribution in [0.25, 0.3) is 10.4 Å². The molecule has 0 fully saturated rings. The van der Waals surface area contributed by atoms with Crippen LogP contribution in [0.1, 0.15) is 45.4 Å². The van der Waals surface area contributed by atoms with Crippen molar-refractivity contribution in [3.05, 3.63) is 34.7 Å². The van der Waals surface area contributed by atoms with Crippen LogP contribution in [0.4, 0.5) is 0 Å². The van der Waals surface area contributed by atoms with Gasteiger partial charge in [-0.3, -0.25) is 0 Å². The summed E-state index contributed by atoms with van der Waals surface area (Å²) >= 11 is 0. The molecule has 3 heteroatoms. The molecule has 84 valence electrons. The van der Waals surface area contributed by atoms with Gasteiger partial charge < -0.3 is 0 Å². The molecule has 0 spiro atoms. The van der Waals surface area contributed by atoms with Crippen LogP contribution in [0.15, 0.2) is 29.4 Å². The molecule has 0 heterocycles. The van der Waals surface area contributed by atoms with Gasteiger partial charge in [-0.25, -0.2) is 0 Å². The van der Waals surface area contributed by atoms with Crippen LogP contribution in [-0.4, -0.2) is 6.54 Å². The Kier molecular flexibility index (Phi) is 11.8. The number of azide groups is 1. The first kappa shape index (κ1) is 13.8. The van der Waals surface area contributed by atoms with Gasteiger partial charge in [0.2, 0.25) is 0 Å². The molecule has 0 aliphatic rings. The molecule has 0 N–H and O–H groups in total. The smallest absolute Gasteiger partial charge is 0.0443 e. The molecule has 0 saturated heterocycles. The second kappa shape index (κ2) is 12.8. The molecule has 0 aromatic carbocycles. The third-order valence-corrected chi connectivity index (χ3v) is 2.11. The highest BCUT2D eigenvalue weighted by Crippen LogP contribution is 2.05. The quantitative estimate of drug-likeness (QED) is 0.172. The molecule has 0 bridgehead atoms. The second-order valence-electron chi connectivity index (χ2n) is 3.47. The van der Waals surface area contributed by atoms with Crippen molar-refractivity contribution in [1.29, 1.82) is 0 Å². The minimum Gasteiger partial charge on any atom is -0.0899 e. The average Bonchev–Trinajstić information content (AvgIpc) is 2.26. The molecule has 3 nitrogen and oxygen atoms in total. The van der Waals surface area contributed by atoms with Crippen molar-refractivity contribution in [3.63, 3.8) is 0 Å². The molecule has 0 aromatic heterocycles. The van der Waals surface area contributed by atoms with Crippen molar-refractivity contribution >= 4 is 0 Å². The van der Waals surface area contributed by atoms with Gasteiger partial charge in [0.15, 0.2) is 0 Å². The number of hydrogen-bond donors (Lipinski definition) is 0. The van der Waals surface area contributed by atoms with E-state index in [1.54, 1.807) is 0 Å². The topological polar surface area (TPSA) is 48.8 Å². The van der Waals surface area contributed by atoms with Crippen LogP contribution >= 0.6 is 0 Å². The molecule has 0 rings (SSSR count). The summed E-state index contributed by atoms with van der Waals surface area (Å²) < 4.78 is 0. The maximum Gasteiger partial charge on any atom is 0.0443 e. The van der Waals surface area contributed by atoms with E-state index in [1.165, 1.54) is 32.1 Å². The maximum atomic E-state index is 8.02. The van der Waals surface area contributed by atoms with Gasteiger partial charge in [-0.2, -0.15) is 0 Å². The molecule has 0 amide bonds. The predicted molar refractivity (Wildman–Crippen MR) is 65.7 cm³/mol. The fourth-order valence-electron chi connectivity index (χ4n) is 1.26. The molecule has 0 aliphatic carbocycles. The van der Waals surface area contributed by atoms with E-state index in [0.717, 1.165) is 6.42 Å². The van der Waals surface area contributed by atoms with Crippen molar-refractivity contribution in [2.24, 2.45) is 5.11 Å². The first-order valence-corrected chi connectivity index (χ1v) is 5.74. The summed E-state index contributed by atoms with van der Waals surface area (Å²) in [6, 6.07) is 0. The Balaban J connectivity index is 3.23. The van der Waals surface area contributed by atoms with Gasteiger partial charge in [-0.1, -0.05) is 62.0 Å². The molecule has 0 aliphatic heterocycles. The second-order valence-corrected chi connectivity index (χ2v) is 3.47. The molecule has 0 radical (unpaired) electrons. The Morgan fingerprint density at radius 1 is 1.07 bits per heavy atom. The number of unbranched alkanes of at least 4 members (excludes halogenated alkanes) is 5. The highest BCUT2D eigenvalue weighted by molar-refractivity contribution is 5.02. The summed E-state index contributed by atoms with van der Waals surface area (Å²) in [6.07, 6.45) is 15.8. The SMILES string of the molecule is CCCCCCC/C=C/C=C/CN=[N+]=[N-]. The van der Waals surface area contributed by atoms with E-state index in [0.29, 0.717) is 6.54 Å². The largest absolute Gasteiger partial charge is 0.0899 e. The third kappa shape index (κ3) is 12.8. The van der Waals surface area contributed by atoms with Gasteiger partial charge in [0.25, 0.3) is 0 Å².